The summed E-state index contributed by atoms with van der Waals surface area (Å²) in [6.07, 6.45) is 1.21. The number of anilines is 1. The Morgan fingerprint density at radius 3 is 2.47 bits per heavy atom. The molecule has 32 heavy (non-hydrogen) atoms. The van der Waals surface area contributed by atoms with Gasteiger partial charge in [0, 0.05) is 47.5 Å². The molecule has 4 rings (SSSR count). The van der Waals surface area contributed by atoms with Crippen LogP contribution in [0.4, 0.5) is 23.2 Å². The molecule has 0 saturated heterocycles. The Morgan fingerprint density at radius 2 is 1.81 bits per heavy atom. The minimum Gasteiger partial charge on any atom is -0.381 e. The minimum absolute atomic E-state index is 0.118. The molecule has 0 unspecified atom stereocenters. The van der Waals surface area contributed by atoms with Gasteiger partial charge in [-0.1, -0.05) is 0 Å². The first-order valence-electron chi connectivity index (χ1n) is 9.17. The van der Waals surface area contributed by atoms with E-state index in [0.717, 1.165) is 12.1 Å². The van der Waals surface area contributed by atoms with Crippen LogP contribution in [0, 0.1) is 17.1 Å². The van der Waals surface area contributed by atoms with Crippen LogP contribution in [0.25, 0.3) is 22.6 Å². The number of nitrogens with one attached hydrogen (secondary N) is 2. The van der Waals surface area contributed by atoms with Gasteiger partial charge < -0.3 is 5.32 Å². The fourth-order valence-corrected chi connectivity index (χ4v) is 2.87. The summed E-state index contributed by atoms with van der Waals surface area (Å²) in [5, 5.41) is 18.1. The van der Waals surface area contributed by atoms with Gasteiger partial charge in [-0.05, 0) is 30.3 Å². The molecule has 3 heterocycles. The number of nitriles is 1. The maximum Gasteiger partial charge on any atom is 0.433 e. The zero-order valence-electron chi connectivity index (χ0n) is 16.2. The van der Waals surface area contributed by atoms with Crippen molar-refractivity contribution in [3.8, 4) is 28.7 Å². The molecule has 11 heteroatoms. The zero-order chi connectivity index (χ0) is 22.7. The Labute approximate surface area is 178 Å². The fourth-order valence-electron chi connectivity index (χ4n) is 2.87. The van der Waals surface area contributed by atoms with Gasteiger partial charge >= 0.3 is 6.18 Å². The second-order valence-electron chi connectivity index (χ2n) is 6.69. The van der Waals surface area contributed by atoms with Crippen LogP contribution in [-0.2, 0) is 12.7 Å². The number of H-pyrrole nitrogens is 1. The Hall–Kier alpha value is -4.33. The van der Waals surface area contributed by atoms with E-state index < -0.39 is 17.7 Å². The molecule has 0 bridgehead atoms. The highest BCUT2D eigenvalue weighted by atomic mass is 19.4. The van der Waals surface area contributed by atoms with Gasteiger partial charge in [-0.3, -0.25) is 5.10 Å². The van der Waals surface area contributed by atoms with E-state index in [0.29, 0.717) is 16.7 Å². The van der Waals surface area contributed by atoms with E-state index in [1.54, 1.807) is 6.07 Å². The largest absolute Gasteiger partial charge is 0.433 e. The number of benzene rings is 1. The van der Waals surface area contributed by atoms with E-state index in [9.17, 15) is 17.6 Å². The van der Waals surface area contributed by atoms with E-state index in [1.165, 1.54) is 43.0 Å². The van der Waals surface area contributed by atoms with Crippen molar-refractivity contribution < 1.29 is 17.6 Å². The van der Waals surface area contributed by atoms with Gasteiger partial charge in [0.15, 0.2) is 5.82 Å². The number of alkyl halides is 3. The zero-order valence-corrected chi connectivity index (χ0v) is 16.2. The number of halogens is 4. The van der Waals surface area contributed by atoms with Crippen LogP contribution in [0.1, 0.15) is 16.8 Å². The van der Waals surface area contributed by atoms with Crippen molar-refractivity contribution in [1.82, 2.24) is 25.1 Å². The van der Waals surface area contributed by atoms with Crippen molar-refractivity contribution in [2.24, 2.45) is 0 Å². The van der Waals surface area contributed by atoms with Gasteiger partial charge in [-0.2, -0.15) is 23.5 Å². The van der Waals surface area contributed by atoms with E-state index >= 15 is 0 Å². The lowest BCUT2D eigenvalue weighted by atomic mass is 10.1. The summed E-state index contributed by atoms with van der Waals surface area (Å²) in [5.74, 6) is -0.349. The summed E-state index contributed by atoms with van der Waals surface area (Å²) in [6.45, 7) is 0.152. The molecule has 0 radical (unpaired) electrons. The third kappa shape index (κ3) is 4.54. The maximum absolute atomic E-state index is 13.5. The van der Waals surface area contributed by atoms with Gasteiger partial charge in [0.2, 0.25) is 0 Å². The highest BCUT2D eigenvalue weighted by molar-refractivity contribution is 5.64. The molecular formula is C21H13F4N7. The molecule has 0 aliphatic carbocycles. The number of rotatable bonds is 5. The first kappa shape index (κ1) is 20.9. The van der Waals surface area contributed by atoms with Gasteiger partial charge in [-0.15, -0.1) is 0 Å². The van der Waals surface area contributed by atoms with Gasteiger partial charge in [0.1, 0.15) is 17.6 Å². The average molecular weight is 439 g/mol. The number of hydrogen-bond acceptors (Lipinski definition) is 6. The third-order valence-corrected chi connectivity index (χ3v) is 4.46. The normalized spacial score (nSPS) is 11.2. The van der Waals surface area contributed by atoms with Crippen LogP contribution in [0.5, 0.6) is 0 Å². The molecule has 160 valence electrons. The summed E-state index contributed by atoms with van der Waals surface area (Å²) in [7, 11) is 0. The highest BCUT2D eigenvalue weighted by Crippen LogP contribution is 2.32. The SMILES string of the molecule is N#Cc1cc(-c2ncc(CNc3cc(-c4cn[nH]c4)nc(C(F)(F)F)c3)cn2)ccc1F. The number of aromatic nitrogens is 5. The molecule has 2 N–H and O–H groups in total. The van der Waals surface area contributed by atoms with Gasteiger partial charge in [0.25, 0.3) is 0 Å². The molecule has 4 aromatic rings. The molecule has 0 aliphatic heterocycles. The van der Waals surface area contributed by atoms with Crippen molar-refractivity contribution in [3.63, 3.8) is 0 Å². The summed E-state index contributed by atoms with van der Waals surface area (Å²) < 4.78 is 53.3. The quantitative estimate of drug-likeness (QED) is 0.442. The molecule has 7 nitrogen and oxygen atoms in total. The van der Waals surface area contributed by atoms with E-state index in [2.05, 4.69) is 30.5 Å². The lowest BCUT2D eigenvalue weighted by molar-refractivity contribution is -0.141. The van der Waals surface area contributed by atoms with Crippen molar-refractivity contribution in [2.45, 2.75) is 12.7 Å². The molecule has 0 spiro atoms. The Bertz CT molecular complexity index is 1280. The molecular weight excluding hydrogens is 426 g/mol. The van der Waals surface area contributed by atoms with Crippen molar-refractivity contribution >= 4 is 5.69 Å². The van der Waals surface area contributed by atoms with E-state index in [-0.39, 0.29) is 29.3 Å². The van der Waals surface area contributed by atoms with Crippen LogP contribution in [0.15, 0.2) is 55.1 Å². The van der Waals surface area contributed by atoms with Gasteiger partial charge in [0.05, 0.1) is 17.5 Å². The number of aromatic amines is 1. The Morgan fingerprint density at radius 1 is 1.03 bits per heavy atom. The third-order valence-electron chi connectivity index (χ3n) is 4.46. The standard InChI is InChI=1S/C21H13F4N7/c22-17-2-1-13(3-14(17)6-26)20-28-8-12(9-29-20)7-27-16-4-18(15-10-30-31-11-15)32-19(5-16)21(23,24)25/h1-5,8-11H,7H2,(H,27,32)(H,30,31). The van der Waals surface area contributed by atoms with Crippen molar-refractivity contribution in [3.05, 3.63) is 77.8 Å². The molecule has 0 saturated carbocycles. The second kappa shape index (κ2) is 8.43. The van der Waals surface area contributed by atoms with E-state index in [1.807, 2.05) is 0 Å². The lowest BCUT2D eigenvalue weighted by Gasteiger charge is -2.12. The molecule has 0 aliphatic rings. The van der Waals surface area contributed by atoms with Crippen LogP contribution in [0.3, 0.4) is 0 Å². The Kier molecular flexibility index (Phi) is 5.51. The van der Waals surface area contributed by atoms with Crippen LogP contribution >= 0.6 is 0 Å². The Balaban J connectivity index is 1.54. The average Bonchev–Trinajstić information content (AvgIpc) is 3.33. The highest BCUT2D eigenvalue weighted by Gasteiger charge is 2.33. The minimum atomic E-state index is -4.61. The van der Waals surface area contributed by atoms with Crippen molar-refractivity contribution in [2.75, 3.05) is 5.32 Å². The first-order valence-corrected chi connectivity index (χ1v) is 9.17. The summed E-state index contributed by atoms with van der Waals surface area (Å²) in [4.78, 5) is 12.1. The molecule has 0 amide bonds. The molecule has 0 atom stereocenters. The predicted molar refractivity (Wildman–Crippen MR) is 106 cm³/mol. The van der Waals surface area contributed by atoms with E-state index in [4.69, 9.17) is 5.26 Å². The first-order chi connectivity index (χ1) is 15.3. The lowest BCUT2D eigenvalue weighted by Crippen LogP contribution is -2.10. The summed E-state index contributed by atoms with van der Waals surface area (Å²) in [5.41, 5.74) is 0.668. The number of hydrogen-bond donors (Lipinski definition) is 2. The number of nitrogens with zero attached hydrogens (tertiary/aromatic N) is 5. The second-order valence-corrected chi connectivity index (χ2v) is 6.69. The van der Waals surface area contributed by atoms with Gasteiger partial charge in [-0.25, -0.2) is 19.3 Å². The summed E-state index contributed by atoms with van der Waals surface area (Å²) in [6, 6.07) is 8.11. The molecule has 0 fully saturated rings. The van der Waals surface area contributed by atoms with Crippen molar-refractivity contribution in [1.29, 1.82) is 5.26 Å². The number of pyridine rings is 1. The smallest absolute Gasteiger partial charge is 0.381 e. The van der Waals surface area contributed by atoms with Crippen LogP contribution in [-0.4, -0.2) is 25.1 Å². The monoisotopic (exact) mass is 439 g/mol. The summed E-state index contributed by atoms with van der Waals surface area (Å²) >= 11 is 0. The fraction of sp³-hybridized carbons (Fsp3) is 0.0952. The van der Waals surface area contributed by atoms with Crippen LogP contribution in [0.2, 0.25) is 0 Å². The predicted octanol–water partition coefficient (Wildman–Crippen LogP) is 4.57. The molecule has 3 aromatic heterocycles. The maximum atomic E-state index is 13.5. The van der Waals surface area contributed by atoms with Crippen LogP contribution < -0.4 is 5.32 Å². The topological polar surface area (TPSA) is 103 Å². The molecule has 1 aromatic carbocycles.